The van der Waals surface area contributed by atoms with Crippen molar-refractivity contribution < 1.29 is 4.92 Å². The minimum absolute atomic E-state index is 0.0225. The van der Waals surface area contributed by atoms with E-state index in [1.807, 2.05) is 11.0 Å². The van der Waals surface area contributed by atoms with Gasteiger partial charge >= 0.3 is 0 Å². The van der Waals surface area contributed by atoms with E-state index in [2.05, 4.69) is 31.1 Å². The molecule has 1 aliphatic rings. The topological polar surface area (TPSA) is 71.3 Å². The number of pyridine rings is 1. The highest BCUT2D eigenvalue weighted by Crippen LogP contribution is 2.28. The second-order valence-electron chi connectivity index (χ2n) is 6.29. The molecule has 2 rings (SSSR count). The molecule has 0 bridgehead atoms. The lowest BCUT2D eigenvalue weighted by molar-refractivity contribution is -0.425. The maximum Gasteiger partial charge on any atom is 0.295 e. The molecule has 8 heteroatoms. The summed E-state index contributed by atoms with van der Waals surface area (Å²) < 4.78 is -0.0225. The number of hydrogen-bond acceptors (Lipinski definition) is 6. The third-order valence-corrected chi connectivity index (χ3v) is 4.80. The van der Waals surface area contributed by atoms with Crippen LogP contribution in [-0.2, 0) is 6.54 Å². The maximum atomic E-state index is 11.5. The second kappa shape index (κ2) is 7.40. The fourth-order valence-corrected chi connectivity index (χ4v) is 3.11. The van der Waals surface area contributed by atoms with Crippen LogP contribution in [0.3, 0.4) is 0 Å². The first-order valence-electron chi connectivity index (χ1n) is 7.37. The molecule has 1 aromatic rings. The Hall–Kier alpha value is -1.47. The van der Waals surface area contributed by atoms with E-state index < -0.39 is 0 Å². The lowest BCUT2D eigenvalue weighted by atomic mass is 10.2. The van der Waals surface area contributed by atoms with Crippen LogP contribution in [-0.4, -0.2) is 38.4 Å². The molecular weight excluding hydrogens is 336 g/mol. The van der Waals surface area contributed by atoms with Crippen LogP contribution in [0.15, 0.2) is 29.8 Å². The zero-order valence-corrected chi connectivity index (χ0v) is 15.1. The maximum absolute atomic E-state index is 11.5. The predicted molar refractivity (Wildman–Crippen MR) is 93.9 cm³/mol. The summed E-state index contributed by atoms with van der Waals surface area (Å²) in [7, 11) is 0. The smallest absolute Gasteiger partial charge is 0.295 e. The molecule has 0 radical (unpaired) electrons. The van der Waals surface area contributed by atoms with Crippen molar-refractivity contribution in [3.63, 3.8) is 0 Å². The first kappa shape index (κ1) is 17.9. The van der Waals surface area contributed by atoms with Gasteiger partial charge in [-0.3, -0.25) is 10.1 Å². The van der Waals surface area contributed by atoms with E-state index in [-0.39, 0.29) is 15.4 Å². The summed E-state index contributed by atoms with van der Waals surface area (Å²) in [5.41, 5.74) is 1.20. The van der Waals surface area contributed by atoms with Gasteiger partial charge in [-0.25, -0.2) is 4.98 Å². The number of thioether (sulfide) groups is 1. The molecule has 126 valence electrons. The molecule has 6 nitrogen and oxygen atoms in total. The van der Waals surface area contributed by atoms with E-state index in [1.54, 1.807) is 24.0 Å². The zero-order chi connectivity index (χ0) is 17.0. The first-order valence-corrected chi connectivity index (χ1v) is 8.73. The average molecular weight is 357 g/mol. The molecule has 2 heterocycles. The predicted octanol–water partition coefficient (Wildman–Crippen LogP) is 3.12. The lowest BCUT2D eigenvalue weighted by Crippen LogP contribution is -2.25. The Morgan fingerprint density at radius 3 is 2.83 bits per heavy atom. The monoisotopic (exact) mass is 356 g/mol. The minimum atomic E-state index is -0.278. The Bertz CT molecular complexity index is 598. The molecule has 0 saturated carbocycles. The molecule has 1 aromatic heterocycles. The zero-order valence-electron chi connectivity index (χ0n) is 13.5. The van der Waals surface area contributed by atoms with Crippen LogP contribution in [0.4, 0.5) is 0 Å². The van der Waals surface area contributed by atoms with Gasteiger partial charge in [0, 0.05) is 30.6 Å². The summed E-state index contributed by atoms with van der Waals surface area (Å²) in [5.74, 6) is 0.982. The number of rotatable bonds is 5. The van der Waals surface area contributed by atoms with Crippen LogP contribution >= 0.6 is 23.4 Å². The molecule has 1 aliphatic heterocycles. The summed E-state index contributed by atoms with van der Waals surface area (Å²) in [5, 5.41) is 15.1. The number of nitro groups is 1. The van der Waals surface area contributed by atoms with Crippen LogP contribution in [0.2, 0.25) is 5.15 Å². The highest BCUT2D eigenvalue weighted by atomic mass is 35.5. The Balaban J connectivity index is 2.18. The van der Waals surface area contributed by atoms with Gasteiger partial charge in [0.1, 0.15) is 5.15 Å². The highest BCUT2D eigenvalue weighted by Gasteiger charge is 2.29. The molecule has 1 N–H and O–H groups in total. The van der Waals surface area contributed by atoms with Crippen molar-refractivity contribution >= 4 is 23.4 Å². The quantitative estimate of drug-likeness (QED) is 0.496. The van der Waals surface area contributed by atoms with Gasteiger partial charge in [-0.15, -0.1) is 11.8 Å². The van der Waals surface area contributed by atoms with Crippen LogP contribution < -0.4 is 5.32 Å². The van der Waals surface area contributed by atoms with Gasteiger partial charge in [0.05, 0.1) is 10.7 Å². The molecule has 0 aromatic carbocycles. The summed E-state index contributed by atoms with van der Waals surface area (Å²) in [4.78, 5) is 17.3. The Morgan fingerprint density at radius 1 is 1.52 bits per heavy atom. The number of nitrogens with zero attached hydrogens (tertiary/aromatic N) is 3. The van der Waals surface area contributed by atoms with Crippen molar-refractivity contribution in [1.82, 2.24) is 15.2 Å². The highest BCUT2D eigenvalue weighted by molar-refractivity contribution is 8.00. The van der Waals surface area contributed by atoms with Crippen LogP contribution in [0.25, 0.3) is 0 Å². The summed E-state index contributed by atoms with van der Waals surface area (Å²) in [6.45, 7) is 8.17. The third kappa shape index (κ3) is 5.28. The van der Waals surface area contributed by atoms with Crippen molar-refractivity contribution in [2.75, 3.05) is 18.8 Å². The number of hydrogen-bond donors (Lipinski definition) is 1. The van der Waals surface area contributed by atoms with Crippen molar-refractivity contribution in [2.24, 2.45) is 0 Å². The third-order valence-electron chi connectivity index (χ3n) is 3.29. The van der Waals surface area contributed by atoms with Crippen LogP contribution in [0.1, 0.15) is 26.3 Å². The average Bonchev–Trinajstić information content (AvgIpc) is 2.88. The van der Waals surface area contributed by atoms with Gasteiger partial charge in [-0.1, -0.05) is 38.4 Å². The van der Waals surface area contributed by atoms with Gasteiger partial charge in [-0.05, 0) is 11.6 Å². The summed E-state index contributed by atoms with van der Waals surface area (Å²) in [6.07, 6.45) is 1.70. The van der Waals surface area contributed by atoms with Crippen LogP contribution in [0.5, 0.6) is 0 Å². The fraction of sp³-hybridized carbons (Fsp3) is 0.533. The van der Waals surface area contributed by atoms with Gasteiger partial charge < -0.3 is 10.2 Å². The molecule has 0 spiro atoms. The standard InChI is InChI=1S/C15H21ClN4O2S/c1-15(2,3)23-10-12(20(21)22)14-17-6-7-19(14)9-11-4-5-13(16)18-8-11/h4-5,8,17H,6-7,9-10H2,1-3H3/b14-12+. The van der Waals surface area contributed by atoms with Crippen LogP contribution in [0, 0.1) is 10.1 Å². The summed E-state index contributed by atoms with van der Waals surface area (Å²) >= 11 is 7.37. The van der Waals surface area contributed by atoms with E-state index in [1.165, 1.54) is 0 Å². The molecule has 0 amide bonds. The van der Waals surface area contributed by atoms with Gasteiger partial charge in [0.25, 0.3) is 5.70 Å². The normalized spacial score (nSPS) is 17.1. The number of nitrogens with one attached hydrogen (secondary N) is 1. The van der Waals surface area contributed by atoms with Gasteiger partial charge in [0.2, 0.25) is 0 Å². The second-order valence-corrected chi connectivity index (χ2v) is 8.48. The first-order chi connectivity index (χ1) is 10.8. The SMILES string of the molecule is CC(C)(C)SC/C(=C1/NCCN1Cc1ccc(Cl)nc1)[N+](=O)[O-]. The van der Waals surface area contributed by atoms with Crippen molar-refractivity contribution in [3.8, 4) is 0 Å². The van der Waals surface area contributed by atoms with Crippen molar-refractivity contribution in [1.29, 1.82) is 0 Å². The molecule has 23 heavy (non-hydrogen) atoms. The van der Waals surface area contributed by atoms with E-state index in [9.17, 15) is 10.1 Å². The Kier molecular flexibility index (Phi) is 5.75. The molecule has 0 aliphatic carbocycles. The van der Waals surface area contributed by atoms with Crippen molar-refractivity contribution in [2.45, 2.75) is 32.1 Å². The number of halogens is 1. The van der Waals surface area contributed by atoms with Crippen molar-refractivity contribution in [3.05, 3.63) is 50.7 Å². The molecular formula is C15H21ClN4O2S. The fourth-order valence-electron chi connectivity index (χ4n) is 2.19. The molecule has 1 saturated heterocycles. The Morgan fingerprint density at radius 2 is 2.26 bits per heavy atom. The lowest BCUT2D eigenvalue weighted by Gasteiger charge is -2.20. The molecule has 1 fully saturated rings. The minimum Gasteiger partial charge on any atom is -0.365 e. The van der Waals surface area contributed by atoms with Gasteiger partial charge in [0.15, 0.2) is 5.82 Å². The summed E-state index contributed by atoms with van der Waals surface area (Å²) in [6, 6.07) is 3.62. The largest absolute Gasteiger partial charge is 0.365 e. The number of aromatic nitrogens is 1. The van der Waals surface area contributed by atoms with E-state index in [0.29, 0.717) is 29.8 Å². The Labute approximate surface area is 145 Å². The molecule has 0 unspecified atom stereocenters. The van der Waals surface area contributed by atoms with Gasteiger partial charge in [-0.2, -0.15) is 0 Å². The van der Waals surface area contributed by atoms with E-state index in [4.69, 9.17) is 11.6 Å². The van der Waals surface area contributed by atoms with E-state index in [0.717, 1.165) is 12.1 Å². The molecule has 0 atom stereocenters. The van der Waals surface area contributed by atoms with E-state index >= 15 is 0 Å².